The Balaban J connectivity index is 1.99. The first-order valence-electron chi connectivity index (χ1n) is 7.08. The molecule has 0 bridgehead atoms. The fourth-order valence-corrected chi connectivity index (χ4v) is 2.29. The van der Waals surface area contributed by atoms with E-state index in [1.165, 1.54) is 11.9 Å². The summed E-state index contributed by atoms with van der Waals surface area (Å²) in [6.45, 7) is 3.46. The van der Waals surface area contributed by atoms with Gasteiger partial charge in [0.25, 0.3) is 0 Å². The highest BCUT2D eigenvalue weighted by Crippen LogP contribution is 2.20. The molecule has 1 aromatic heterocycles. The van der Waals surface area contributed by atoms with Crippen molar-refractivity contribution in [1.82, 2.24) is 25.0 Å². The second kappa shape index (κ2) is 7.86. The van der Waals surface area contributed by atoms with Crippen molar-refractivity contribution >= 4 is 17.3 Å². The van der Waals surface area contributed by atoms with Crippen molar-refractivity contribution in [3.05, 3.63) is 42.5 Å². The molecule has 22 heavy (non-hydrogen) atoms. The highest BCUT2D eigenvalue weighted by Gasteiger charge is 2.14. The van der Waals surface area contributed by atoms with Gasteiger partial charge in [0.1, 0.15) is 12.7 Å². The Morgan fingerprint density at radius 3 is 2.73 bits per heavy atom. The van der Waals surface area contributed by atoms with Crippen molar-refractivity contribution in [2.75, 3.05) is 27.3 Å². The molecular formula is C15H21N5OS. The Kier molecular flexibility index (Phi) is 5.85. The van der Waals surface area contributed by atoms with Crippen LogP contribution in [0, 0.1) is 0 Å². The molecule has 0 amide bonds. The average Bonchev–Trinajstić information content (AvgIpc) is 3.08. The first-order valence-corrected chi connectivity index (χ1v) is 7.49. The summed E-state index contributed by atoms with van der Waals surface area (Å²) < 4.78 is 6.74. The zero-order valence-corrected chi connectivity index (χ0v) is 13.9. The Morgan fingerprint density at radius 2 is 2.14 bits per heavy atom. The number of hydrogen-bond donors (Lipinski definition) is 1. The smallest absolute Gasteiger partial charge is 0.169 e. The molecule has 0 radical (unpaired) electrons. The van der Waals surface area contributed by atoms with E-state index in [1.807, 2.05) is 24.1 Å². The van der Waals surface area contributed by atoms with Gasteiger partial charge in [0.05, 0.1) is 18.3 Å². The van der Waals surface area contributed by atoms with Crippen LogP contribution in [0.1, 0.15) is 18.5 Å². The number of hydrogen-bond acceptors (Lipinski definition) is 4. The molecule has 0 saturated carbocycles. The number of thiocarbonyl (C=S) groups is 1. The van der Waals surface area contributed by atoms with E-state index >= 15 is 0 Å². The number of aromatic nitrogens is 3. The van der Waals surface area contributed by atoms with Gasteiger partial charge in [-0.25, -0.2) is 9.67 Å². The van der Waals surface area contributed by atoms with Gasteiger partial charge in [0, 0.05) is 20.7 Å². The van der Waals surface area contributed by atoms with E-state index in [2.05, 4.69) is 34.5 Å². The maximum atomic E-state index is 5.39. The van der Waals surface area contributed by atoms with Crippen molar-refractivity contribution in [3.8, 4) is 5.69 Å². The highest BCUT2D eigenvalue weighted by atomic mass is 32.1. The summed E-state index contributed by atoms with van der Waals surface area (Å²) in [4.78, 5) is 5.99. The number of ether oxygens (including phenoxy) is 1. The summed E-state index contributed by atoms with van der Waals surface area (Å²) in [7, 11) is 3.66. The minimum Gasteiger partial charge on any atom is -0.383 e. The third-order valence-corrected chi connectivity index (χ3v) is 3.97. The maximum Gasteiger partial charge on any atom is 0.169 e. The lowest BCUT2D eigenvalue weighted by molar-refractivity contribution is 0.202. The lowest BCUT2D eigenvalue weighted by atomic mass is 10.1. The van der Waals surface area contributed by atoms with E-state index in [1.54, 1.807) is 18.1 Å². The second-order valence-corrected chi connectivity index (χ2v) is 5.33. The number of benzene rings is 1. The standard InChI is InChI=1S/C15H21N5OS/c1-12(19(2)15(22)17-8-9-21-3)13-4-6-14(7-5-13)20-11-16-10-18-20/h4-7,10-12H,8-9H2,1-3H3,(H,17,22)/t12-/m1/s1. The Hall–Kier alpha value is -1.99. The molecule has 6 nitrogen and oxygen atoms in total. The van der Waals surface area contributed by atoms with Gasteiger partial charge in [-0.2, -0.15) is 5.10 Å². The SMILES string of the molecule is COCCNC(=S)N(C)[C@H](C)c1ccc(-n2cncn2)cc1. The van der Waals surface area contributed by atoms with E-state index in [0.717, 1.165) is 5.69 Å². The molecule has 0 aliphatic carbocycles. The van der Waals surface area contributed by atoms with Crippen LogP contribution in [-0.2, 0) is 4.74 Å². The molecule has 1 atom stereocenters. The summed E-state index contributed by atoms with van der Waals surface area (Å²) >= 11 is 5.39. The van der Waals surface area contributed by atoms with Gasteiger partial charge < -0.3 is 15.0 Å². The first kappa shape index (κ1) is 16.4. The largest absolute Gasteiger partial charge is 0.383 e. The van der Waals surface area contributed by atoms with Crippen LogP contribution < -0.4 is 5.32 Å². The van der Waals surface area contributed by atoms with Gasteiger partial charge in [-0.15, -0.1) is 0 Å². The zero-order chi connectivity index (χ0) is 15.9. The molecule has 0 unspecified atom stereocenters. The van der Waals surface area contributed by atoms with Crippen LogP contribution in [0.5, 0.6) is 0 Å². The fourth-order valence-electron chi connectivity index (χ4n) is 2.03. The number of nitrogens with one attached hydrogen (secondary N) is 1. The molecule has 1 N–H and O–H groups in total. The second-order valence-electron chi connectivity index (χ2n) is 4.94. The number of rotatable bonds is 6. The van der Waals surface area contributed by atoms with E-state index in [-0.39, 0.29) is 6.04 Å². The van der Waals surface area contributed by atoms with E-state index in [4.69, 9.17) is 17.0 Å². The van der Waals surface area contributed by atoms with Gasteiger partial charge in [-0.05, 0) is 36.8 Å². The van der Waals surface area contributed by atoms with E-state index < -0.39 is 0 Å². The molecule has 1 aromatic carbocycles. The van der Waals surface area contributed by atoms with Crippen molar-refractivity contribution in [2.24, 2.45) is 0 Å². The summed E-state index contributed by atoms with van der Waals surface area (Å²) in [6, 6.07) is 8.38. The average molecular weight is 319 g/mol. The third-order valence-electron chi connectivity index (χ3n) is 3.54. The van der Waals surface area contributed by atoms with Crippen molar-refractivity contribution in [1.29, 1.82) is 0 Å². The van der Waals surface area contributed by atoms with Crippen molar-refractivity contribution in [3.63, 3.8) is 0 Å². The van der Waals surface area contributed by atoms with Gasteiger partial charge in [-0.3, -0.25) is 0 Å². The van der Waals surface area contributed by atoms with Crippen LogP contribution in [0.4, 0.5) is 0 Å². The van der Waals surface area contributed by atoms with Gasteiger partial charge >= 0.3 is 0 Å². The number of methoxy groups -OCH3 is 1. The zero-order valence-electron chi connectivity index (χ0n) is 13.1. The minimum absolute atomic E-state index is 0.173. The lowest BCUT2D eigenvalue weighted by Gasteiger charge is -2.28. The van der Waals surface area contributed by atoms with Crippen LogP contribution >= 0.6 is 12.2 Å². The van der Waals surface area contributed by atoms with Crippen LogP contribution in [0.2, 0.25) is 0 Å². The molecule has 7 heteroatoms. The molecule has 0 aliphatic rings. The summed E-state index contributed by atoms with van der Waals surface area (Å²) in [5.41, 5.74) is 2.17. The maximum absolute atomic E-state index is 5.39. The van der Waals surface area contributed by atoms with Crippen molar-refractivity contribution < 1.29 is 4.74 Å². The van der Waals surface area contributed by atoms with Crippen molar-refractivity contribution in [2.45, 2.75) is 13.0 Å². The Morgan fingerprint density at radius 1 is 1.41 bits per heavy atom. The van der Waals surface area contributed by atoms with Crippen LogP contribution in [-0.4, -0.2) is 52.1 Å². The molecule has 2 rings (SSSR count). The fraction of sp³-hybridized carbons (Fsp3) is 0.400. The molecule has 0 saturated heterocycles. The Labute approximate surface area is 136 Å². The minimum atomic E-state index is 0.173. The van der Waals surface area contributed by atoms with Gasteiger partial charge in [-0.1, -0.05) is 12.1 Å². The Bertz CT molecular complexity index is 584. The molecule has 2 aromatic rings. The molecule has 118 valence electrons. The van der Waals surface area contributed by atoms with Crippen LogP contribution in [0.3, 0.4) is 0 Å². The van der Waals surface area contributed by atoms with Gasteiger partial charge in [0.15, 0.2) is 5.11 Å². The molecule has 0 spiro atoms. The lowest BCUT2D eigenvalue weighted by Crippen LogP contribution is -2.39. The molecular weight excluding hydrogens is 298 g/mol. The summed E-state index contributed by atoms with van der Waals surface area (Å²) in [5, 5.41) is 8.01. The normalized spacial score (nSPS) is 12.0. The number of nitrogens with zero attached hydrogens (tertiary/aromatic N) is 4. The predicted molar refractivity (Wildman–Crippen MR) is 90.0 cm³/mol. The topological polar surface area (TPSA) is 55.2 Å². The third kappa shape index (κ3) is 4.02. The monoisotopic (exact) mass is 319 g/mol. The summed E-state index contributed by atoms with van der Waals surface area (Å²) in [6.07, 6.45) is 3.20. The van der Waals surface area contributed by atoms with Crippen LogP contribution in [0.15, 0.2) is 36.9 Å². The van der Waals surface area contributed by atoms with Crippen LogP contribution in [0.25, 0.3) is 5.69 Å². The first-order chi connectivity index (χ1) is 10.6. The predicted octanol–water partition coefficient (Wildman–Crippen LogP) is 1.78. The molecule has 1 heterocycles. The molecule has 0 fully saturated rings. The quantitative estimate of drug-likeness (QED) is 0.647. The highest BCUT2D eigenvalue weighted by molar-refractivity contribution is 7.80. The summed E-state index contributed by atoms with van der Waals surface area (Å²) in [5.74, 6) is 0. The molecule has 0 aliphatic heterocycles. The van der Waals surface area contributed by atoms with E-state index in [0.29, 0.717) is 18.3 Å². The van der Waals surface area contributed by atoms with Gasteiger partial charge in [0.2, 0.25) is 0 Å². The van der Waals surface area contributed by atoms with E-state index in [9.17, 15) is 0 Å².